The molecule has 0 aliphatic rings. The fourth-order valence-corrected chi connectivity index (χ4v) is 0. The van der Waals surface area contributed by atoms with Gasteiger partial charge in [-0.25, -0.2) is 0 Å². The summed E-state index contributed by atoms with van der Waals surface area (Å²) in [6.45, 7) is 0. The van der Waals surface area contributed by atoms with E-state index in [1.807, 2.05) is 0 Å². The van der Waals surface area contributed by atoms with Crippen molar-refractivity contribution in [3.63, 3.8) is 0 Å². The average molecular weight is 303 g/mol. The SMILES string of the molecule is O=C([O-])[O-].O=[N+]([O-])[O-].[Ca+2].[H-].[H-].[La]. The summed E-state index contributed by atoms with van der Waals surface area (Å²) in [4.78, 5) is 16.6. The largest absolute Gasteiger partial charge is 2.00 e. The second-order valence-electron chi connectivity index (χ2n) is 0.474. The second-order valence-corrected chi connectivity index (χ2v) is 0.474. The van der Waals surface area contributed by atoms with Gasteiger partial charge in [0.2, 0.25) is 0 Å². The molecule has 0 saturated heterocycles. The number of carbonyl (C=O) groups is 1. The Kier molecular flexibility index (Phi) is 37.0. The predicted octanol–water partition coefficient (Wildman–Crippen LogP) is -2.84. The Hall–Kier alpha value is 0.925. The molecule has 9 heteroatoms. The van der Waals surface area contributed by atoms with Gasteiger partial charge in [0.15, 0.2) is 0 Å². The predicted molar refractivity (Wildman–Crippen MR) is 23.7 cm³/mol. The summed E-state index contributed by atoms with van der Waals surface area (Å²) < 4.78 is 0. The van der Waals surface area contributed by atoms with E-state index in [0.29, 0.717) is 0 Å². The molecule has 0 aliphatic carbocycles. The second kappa shape index (κ2) is 16.5. The third-order valence-corrected chi connectivity index (χ3v) is 0. The van der Waals surface area contributed by atoms with Crippen molar-refractivity contribution in [1.29, 1.82) is 0 Å². The summed E-state index contributed by atoms with van der Waals surface area (Å²) in [6.07, 6.45) is -2.33. The fraction of sp³-hybridized carbons (Fsp3) is 0. The van der Waals surface area contributed by atoms with Gasteiger partial charge in [-0.1, -0.05) is 0 Å². The molecule has 0 aromatic heterocycles. The number of carboxylic acid groups (broad SMARTS) is 2. The molecule has 0 unspecified atom stereocenters. The van der Waals surface area contributed by atoms with Crippen molar-refractivity contribution < 1.29 is 58.5 Å². The van der Waals surface area contributed by atoms with Gasteiger partial charge in [0.25, 0.3) is 0 Å². The van der Waals surface area contributed by atoms with Crippen LogP contribution in [0.25, 0.3) is 0 Å². The van der Waals surface area contributed by atoms with Crippen LogP contribution < -0.4 is 10.2 Å². The molecule has 0 saturated carbocycles. The van der Waals surface area contributed by atoms with E-state index < -0.39 is 11.2 Å². The van der Waals surface area contributed by atoms with Crippen molar-refractivity contribution in [3.05, 3.63) is 15.3 Å². The first-order valence-corrected chi connectivity index (χ1v) is 1.16. The van der Waals surface area contributed by atoms with E-state index in [2.05, 4.69) is 0 Å². The molecule has 7 nitrogen and oxygen atoms in total. The Balaban J connectivity index is -0.0000000112. The van der Waals surface area contributed by atoms with Crippen LogP contribution in [0.1, 0.15) is 2.85 Å². The Bertz CT molecular complexity index is 83.5. The first-order chi connectivity index (χ1) is 3.46. The number of nitrogens with zero attached hydrogens (tertiary/aromatic N) is 1. The Morgan fingerprint density at radius 3 is 1.30 bits per heavy atom. The minimum absolute atomic E-state index is 0. The molecule has 0 aromatic rings. The minimum Gasteiger partial charge on any atom is -1.00 e. The smallest absolute Gasteiger partial charge is 1.00 e. The van der Waals surface area contributed by atoms with Gasteiger partial charge in [-0.05, 0) is 6.16 Å². The van der Waals surface area contributed by atoms with Gasteiger partial charge in [-0.15, -0.1) is 0 Å². The van der Waals surface area contributed by atoms with E-state index in [-0.39, 0.29) is 76.2 Å². The van der Waals surface area contributed by atoms with Crippen molar-refractivity contribution >= 4 is 43.9 Å². The molecule has 0 rings (SSSR count). The number of rotatable bonds is 0. The molecule has 0 spiro atoms. The van der Waals surface area contributed by atoms with Gasteiger partial charge < -0.3 is 33.2 Å². The van der Waals surface area contributed by atoms with Crippen LogP contribution in [-0.4, -0.2) is 49.0 Å². The summed E-state index contributed by atoms with van der Waals surface area (Å²) >= 11 is 0. The maximum atomic E-state index is 8.33. The van der Waals surface area contributed by atoms with E-state index in [9.17, 15) is 0 Å². The van der Waals surface area contributed by atoms with E-state index in [0.717, 1.165) is 0 Å². The number of carbonyl (C=O) groups excluding carboxylic acids is 1. The first kappa shape index (κ1) is 22.4. The van der Waals surface area contributed by atoms with E-state index in [1.54, 1.807) is 0 Å². The average Bonchev–Trinajstić information content (AvgIpc) is 1.25. The molecule has 10 heavy (non-hydrogen) atoms. The zero-order valence-corrected chi connectivity index (χ0v) is 10.5. The van der Waals surface area contributed by atoms with Crippen LogP contribution in [0, 0.1) is 50.9 Å². The van der Waals surface area contributed by atoms with Crippen molar-refractivity contribution in [2.45, 2.75) is 0 Å². The molecule has 0 N–H and O–H groups in total. The van der Waals surface area contributed by atoms with Crippen molar-refractivity contribution in [3.8, 4) is 0 Å². The van der Waals surface area contributed by atoms with Crippen molar-refractivity contribution in [2.75, 3.05) is 0 Å². The van der Waals surface area contributed by atoms with E-state index >= 15 is 0 Å². The standard InChI is InChI=1S/CH2O3.Ca.La.NO3.2H/c2-1(3)4;;;2-1(3)4;;/h(H2,2,3,4);;;;;/q;+2;;3*-1/p-2. The summed E-state index contributed by atoms with van der Waals surface area (Å²) in [6, 6.07) is 0. The van der Waals surface area contributed by atoms with Gasteiger partial charge in [0, 0.05) is 35.6 Å². The van der Waals surface area contributed by atoms with Gasteiger partial charge in [-0.2, -0.15) is 0 Å². The Labute approximate surface area is 116 Å². The zero-order chi connectivity index (χ0) is 7.15. The van der Waals surface area contributed by atoms with E-state index in [1.165, 1.54) is 0 Å². The normalized spacial score (nSPS) is 4.80. The van der Waals surface area contributed by atoms with Crippen LogP contribution in [0.2, 0.25) is 0 Å². The number of hydrogen-bond donors (Lipinski definition) is 0. The molecule has 0 fully saturated rings. The van der Waals surface area contributed by atoms with E-state index in [4.69, 9.17) is 30.3 Å². The summed E-state index contributed by atoms with van der Waals surface area (Å²) in [7, 11) is 0. The van der Waals surface area contributed by atoms with Crippen LogP contribution in [0.15, 0.2) is 0 Å². The maximum absolute atomic E-state index is 8.33. The summed E-state index contributed by atoms with van der Waals surface area (Å²) in [5.41, 5.74) is 0. The minimum atomic E-state index is -2.33. The number of hydrogen-bond acceptors (Lipinski definition) is 6. The Morgan fingerprint density at radius 2 is 1.30 bits per heavy atom. The molecular formula is CH2CaLaNO6-3. The summed E-state index contributed by atoms with van der Waals surface area (Å²) in [5, 5.41) is 31.4. The summed E-state index contributed by atoms with van der Waals surface area (Å²) in [5.74, 6) is 0. The molecule has 0 bridgehead atoms. The van der Waals surface area contributed by atoms with Crippen LogP contribution in [0.4, 0.5) is 4.79 Å². The van der Waals surface area contributed by atoms with Crippen LogP contribution in [0.5, 0.6) is 0 Å². The Morgan fingerprint density at radius 1 is 1.30 bits per heavy atom. The topological polar surface area (TPSA) is 129 Å². The van der Waals surface area contributed by atoms with Gasteiger partial charge in [0.05, 0.1) is 5.09 Å². The quantitative estimate of drug-likeness (QED) is 0.269. The third-order valence-electron chi connectivity index (χ3n) is 0. The molecule has 0 amide bonds. The van der Waals surface area contributed by atoms with Crippen molar-refractivity contribution in [2.24, 2.45) is 0 Å². The molecule has 1 radical (unpaired) electrons. The van der Waals surface area contributed by atoms with Crippen LogP contribution in [-0.2, 0) is 0 Å². The molecular weight excluding hydrogens is 301 g/mol. The first-order valence-electron chi connectivity index (χ1n) is 1.16. The zero-order valence-electron chi connectivity index (χ0n) is 6.68. The molecule has 0 atom stereocenters. The molecule has 0 aromatic carbocycles. The third kappa shape index (κ3) is 656. The maximum Gasteiger partial charge on any atom is 2.00 e. The van der Waals surface area contributed by atoms with Crippen LogP contribution >= 0.6 is 0 Å². The van der Waals surface area contributed by atoms with Crippen LogP contribution in [0.3, 0.4) is 0 Å². The fourth-order valence-electron chi connectivity index (χ4n) is 0. The molecule has 0 aliphatic heterocycles. The molecule has 55 valence electrons. The monoisotopic (exact) mass is 303 g/mol. The van der Waals surface area contributed by atoms with Gasteiger partial charge in [-0.3, -0.25) is 0 Å². The van der Waals surface area contributed by atoms with Gasteiger partial charge in [0.1, 0.15) is 0 Å². The van der Waals surface area contributed by atoms with Crippen molar-refractivity contribution in [1.82, 2.24) is 0 Å². The molecule has 0 heterocycles. The van der Waals surface area contributed by atoms with Gasteiger partial charge >= 0.3 is 37.7 Å².